The molecule has 3 aromatic carbocycles. The normalized spacial score (nSPS) is 25.9. The third-order valence-electron chi connectivity index (χ3n) is 8.62. The zero-order valence-electron chi connectivity index (χ0n) is 20.4. The third kappa shape index (κ3) is 4.39. The molecule has 4 saturated carbocycles. The van der Waals surface area contributed by atoms with Crippen molar-refractivity contribution in [2.75, 3.05) is 5.32 Å². The van der Waals surface area contributed by atoms with Crippen LogP contribution in [-0.4, -0.2) is 17.0 Å². The number of carboxylic acid groups (broad SMARTS) is 1. The summed E-state index contributed by atoms with van der Waals surface area (Å²) in [6, 6.07) is 22.8. The fourth-order valence-corrected chi connectivity index (χ4v) is 7.40. The molecule has 4 fully saturated rings. The van der Waals surface area contributed by atoms with Crippen LogP contribution in [0.25, 0.3) is 0 Å². The van der Waals surface area contributed by atoms with Crippen molar-refractivity contribution in [2.24, 2.45) is 17.8 Å². The van der Waals surface area contributed by atoms with Crippen molar-refractivity contribution in [3.63, 3.8) is 0 Å². The van der Waals surface area contributed by atoms with Crippen LogP contribution in [0.4, 0.5) is 11.4 Å². The van der Waals surface area contributed by atoms with Crippen LogP contribution in [0.5, 0.6) is 0 Å². The van der Waals surface area contributed by atoms with Gasteiger partial charge in [-0.25, -0.2) is 4.79 Å². The maximum absolute atomic E-state index is 12.9. The highest BCUT2D eigenvalue weighted by Gasteiger charge is 2.51. The molecule has 0 aliphatic heterocycles. The van der Waals surface area contributed by atoms with E-state index in [2.05, 4.69) is 34.9 Å². The Hall–Kier alpha value is -3.60. The van der Waals surface area contributed by atoms with Crippen LogP contribution < -0.4 is 10.6 Å². The van der Waals surface area contributed by atoms with E-state index in [1.165, 1.54) is 44.1 Å². The number of amides is 1. The van der Waals surface area contributed by atoms with E-state index in [1.54, 1.807) is 42.5 Å². The van der Waals surface area contributed by atoms with Crippen molar-refractivity contribution in [1.29, 1.82) is 0 Å². The molecule has 184 valence electrons. The molecule has 0 aromatic heterocycles. The second-order valence-electron chi connectivity index (χ2n) is 11.1. The standard InChI is InChI=1S/C31H32N2O3/c34-29(24-4-3-5-26(15-24)33-28-7-2-1-6-27(28)30(35)36)32-19-20-8-10-25(11-9-20)31-16-21-12-22(17-31)14-23(13-21)18-31/h1-11,15,21-23,33H,12-14,16-19H2,(H,32,34)(H,35,36). The summed E-state index contributed by atoms with van der Waals surface area (Å²) < 4.78 is 0. The van der Waals surface area contributed by atoms with Crippen LogP contribution in [0.2, 0.25) is 0 Å². The summed E-state index contributed by atoms with van der Waals surface area (Å²) in [5, 5.41) is 15.6. The number of anilines is 2. The minimum atomic E-state index is -0.999. The Kier molecular flexibility index (Phi) is 5.79. The van der Waals surface area contributed by atoms with E-state index in [-0.39, 0.29) is 11.5 Å². The highest BCUT2D eigenvalue weighted by atomic mass is 16.4. The molecule has 0 saturated heterocycles. The van der Waals surface area contributed by atoms with Crippen molar-refractivity contribution >= 4 is 23.3 Å². The van der Waals surface area contributed by atoms with Gasteiger partial charge in [-0.15, -0.1) is 0 Å². The molecule has 3 N–H and O–H groups in total. The second kappa shape index (κ2) is 9.12. The first-order chi connectivity index (χ1) is 17.5. The monoisotopic (exact) mass is 480 g/mol. The van der Waals surface area contributed by atoms with Gasteiger partial charge in [0.1, 0.15) is 0 Å². The van der Waals surface area contributed by atoms with E-state index in [0.717, 1.165) is 23.3 Å². The molecule has 4 aliphatic rings. The number of hydrogen-bond donors (Lipinski definition) is 3. The average Bonchev–Trinajstić information content (AvgIpc) is 2.87. The highest BCUT2D eigenvalue weighted by Crippen LogP contribution is 2.60. The molecule has 0 heterocycles. The SMILES string of the molecule is O=C(NCc1ccc(C23CC4CC(CC(C4)C2)C3)cc1)c1cccc(Nc2ccccc2C(=O)O)c1. The minimum Gasteiger partial charge on any atom is -0.478 e. The number of carbonyl (C=O) groups is 2. The molecular weight excluding hydrogens is 448 g/mol. The van der Waals surface area contributed by atoms with Gasteiger partial charge in [0.15, 0.2) is 0 Å². The zero-order valence-corrected chi connectivity index (χ0v) is 20.4. The lowest BCUT2D eigenvalue weighted by Crippen LogP contribution is -2.48. The van der Waals surface area contributed by atoms with Gasteiger partial charge in [0.25, 0.3) is 5.91 Å². The number of para-hydroxylation sites is 1. The van der Waals surface area contributed by atoms with E-state index < -0.39 is 5.97 Å². The van der Waals surface area contributed by atoms with Crippen molar-refractivity contribution in [2.45, 2.75) is 50.5 Å². The van der Waals surface area contributed by atoms with Crippen molar-refractivity contribution in [1.82, 2.24) is 5.32 Å². The molecule has 0 atom stereocenters. The Bertz CT molecular complexity index is 1260. The predicted molar refractivity (Wildman–Crippen MR) is 141 cm³/mol. The fraction of sp³-hybridized carbons (Fsp3) is 0.355. The van der Waals surface area contributed by atoms with Gasteiger partial charge in [-0.1, -0.05) is 42.5 Å². The summed E-state index contributed by atoms with van der Waals surface area (Å²) >= 11 is 0. The van der Waals surface area contributed by atoms with E-state index >= 15 is 0 Å². The maximum Gasteiger partial charge on any atom is 0.337 e. The lowest BCUT2D eigenvalue weighted by molar-refractivity contribution is -0.00519. The predicted octanol–water partition coefficient (Wildman–Crippen LogP) is 6.53. The molecule has 5 nitrogen and oxygen atoms in total. The van der Waals surface area contributed by atoms with Gasteiger partial charge in [-0.3, -0.25) is 4.79 Å². The fourth-order valence-electron chi connectivity index (χ4n) is 7.40. The first-order valence-corrected chi connectivity index (χ1v) is 13.0. The summed E-state index contributed by atoms with van der Waals surface area (Å²) in [4.78, 5) is 24.3. The van der Waals surface area contributed by atoms with E-state index in [9.17, 15) is 14.7 Å². The number of carbonyl (C=O) groups excluding carboxylic acids is 1. The molecule has 36 heavy (non-hydrogen) atoms. The van der Waals surface area contributed by atoms with Gasteiger partial charge < -0.3 is 15.7 Å². The average molecular weight is 481 g/mol. The molecular formula is C31H32N2O3. The van der Waals surface area contributed by atoms with Gasteiger partial charge in [-0.2, -0.15) is 0 Å². The summed E-state index contributed by atoms with van der Waals surface area (Å²) in [6.45, 7) is 0.472. The second-order valence-corrected chi connectivity index (χ2v) is 11.1. The Morgan fingerprint density at radius 3 is 2.17 bits per heavy atom. The molecule has 4 aliphatic carbocycles. The molecule has 1 amide bonds. The molecule has 4 bridgehead atoms. The number of aromatic carboxylic acids is 1. The Morgan fingerprint density at radius 1 is 0.833 bits per heavy atom. The van der Waals surface area contributed by atoms with Crippen molar-refractivity contribution in [3.05, 3.63) is 95.1 Å². The van der Waals surface area contributed by atoms with E-state index in [0.29, 0.717) is 28.9 Å². The lowest BCUT2D eigenvalue weighted by atomic mass is 9.48. The van der Waals surface area contributed by atoms with Gasteiger partial charge >= 0.3 is 5.97 Å². The molecule has 0 unspecified atom stereocenters. The number of rotatable bonds is 7. The first kappa shape index (κ1) is 22.8. The van der Waals surface area contributed by atoms with Crippen LogP contribution in [0.3, 0.4) is 0 Å². The summed E-state index contributed by atoms with van der Waals surface area (Å²) in [5.74, 6) is 1.63. The molecule has 5 heteroatoms. The quantitative estimate of drug-likeness (QED) is 0.359. The Labute approximate surface area is 211 Å². The van der Waals surface area contributed by atoms with Crippen molar-refractivity contribution < 1.29 is 14.7 Å². The lowest BCUT2D eigenvalue weighted by Gasteiger charge is -2.57. The molecule has 7 rings (SSSR count). The Morgan fingerprint density at radius 2 is 1.50 bits per heavy atom. The van der Waals surface area contributed by atoms with Gasteiger partial charge in [0, 0.05) is 17.8 Å². The summed E-state index contributed by atoms with van der Waals surface area (Å²) in [6.07, 6.45) is 8.42. The largest absolute Gasteiger partial charge is 0.478 e. The first-order valence-electron chi connectivity index (χ1n) is 13.0. The van der Waals surface area contributed by atoms with E-state index in [1.807, 2.05) is 6.07 Å². The highest BCUT2D eigenvalue weighted by molar-refractivity contribution is 5.97. The molecule has 0 spiro atoms. The van der Waals surface area contributed by atoms with Crippen LogP contribution in [-0.2, 0) is 12.0 Å². The summed E-state index contributed by atoms with van der Waals surface area (Å²) in [7, 11) is 0. The molecule has 0 radical (unpaired) electrons. The number of hydrogen-bond acceptors (Lipinski definition) is 3. The number of carboxylic acids is 1. The van der Waals surface area contributed by atoms with Gasteiger partial charge in [-0.05, 0) is 103 Å². The zero-order chi connectivity index (χ0) is 24.7. The summed E-state index contributed by atoms with van der Waals surface area (Å²) in [5.41, 5.74) is 4.85. The minimum absolute atomic E-state index is 0.157. The topological polar surface area (TPSA) is 78.4 Å². The van der Waals surface area contributed by atoms with Crippen LogP contribution >= 0.6 is 0 Å². The van der Waals surface area contributed by atoms with E-state index in [4.69, 9.17) is 0 Å². The number of nitrogens with one attached hydrogen (secondary N) is 2. The molecule has 3 aromatic rings. The van der Waals surface area contributed by atoms with Crippen LogP contribution in [0.1, 0.15) is 70.4 Å². The third-order valence-corrected chi connectivity index (χ3v) is 8.62. The Balaban J connectivity index is 1.10. The number of benzene rings is 3. The van der Waals surface area contributed by atoms with Crippen LogP contribution in [0.15, 0.2) is 72.8 Å². The van der Waals surface area contributed by atoms with Crippen molar-refractivity contribution in [3.8, 4) is 0 Å². The van der Waals surface area contributed by atoms with Crippen LogP contribution in [0, 0.1) is 17.8 Å². The smallest absolute Gasteiger partial charge is 0.337 e. The van der Waals surface area contributed by atoms with Gasteiger partial charge in [0.2, 0.25) is 0 Å². The maximum atomic E-state index is 12.9. The van der Waals surface area contributed by atoms with Gasteiger partial charge in [0.05, 0.1) is 11.3 Å².